The first-order valence-electron chi connectivity index (χ1n) is 5.47. The zero-order valence-corrected chi connectivity index (χ0v) is 10.1. The maximum Gasteiger partial charge on any atom is 0.232 e. The van der Waals surface area contributed by atoms with Crippen molar-refractivity contribution < 1.29 is 4.79 Å². The van der Waals surface area contributed by atoms with Crippen LogP contribution >= 0.6 is 0 Å². The van der Waals surface area contributed by atoms with E-state index in [-0.39, 0.29) is 5.91 Å². The van der Waals surface area contributed by atoms with E-state index in [1.807, 2.05) is 32.9 Å². The molecule has 0 aliphatic carbocycles. The number of pyridine rings is 1. The highest BCUT2D eigenvalue weighted by atomic mass is 16.2. The fraction of sp³-hybridized carbons (Fsp3) is 0.500. The number of nitrogens with zero attached hydrogens (tertiary/aromatic N) is 1. The molecule has 0 aliphatic rings. The van der Waals surface area contributed by atoms with Crippen LogP contribution in [-0.2, 0) is 4.79 Å². The van der Waals surface area contributed by atoms with Crippen molar-refractivity contribution in [2.75, 3.05) is 11.9 Å². The number of rotatable bonds is 4. The third kappa shape index (κ3) is 2.79. The van der Waals surface area contributed by atoms with E-state index in [4.69, 9.17) is 5.73 Å². The molecule has 1 amide bonds. The van der Waals surface area contributed by atoms with Gasteiger partial charge in [-0.3, -0.25) is 4.79 Å². The monoisotopic (exact) mass is 221 g/mol. The second-order valence-electron chi connectivity index (χ2n) is 4.24. The Balaban J connectivity index is 2.78. The molecule has 0 radical (unpaired) electrons. The topological polar surface area (TPSA) is 68.0 Å². The summed E-state index contributed by atoms with van der Waals surface area (Å²) in [7, 11) is 0. The molecule has 0 saturated carbocycles. The summed E-state index contributed by atoms with van der Waals surface area (Å²) in [5.74, 6) is 0.508. The predicted octanol–water partition coefficient (Wildman–Crippen LogP) is 1.70. The van der Waals surface area contributed by atoms with Crippen molar-refractivity contribution >= 4 is 11.7 Å². The summed E-state index contributed by atoms with van der Waals surface area (Å²) in [4.78, 5) is 16.2. The van der Waals surface area contributed by atoms with Crippen LogP contribution in [0.25, 0.3) is 0 Å². The molecule has 1 atom stereocenters. The van der Waals surface area contributed by atoms with Crippen molar-refractivity contribution in [3.8, 4) is 0 Å². The standard InChI is InChI=1S/C12H19N3O/c1-4-12(3,8-13)11(16)15-10-7-5-6-9(2)14-10/h5-7H,4,8,13H2,1-3H3,(H,14,15,16). The Bertz CT molecular complexity index is 372. The molecule has 1 aromatic rings. The van der Waals surface area contributed by atoms with Gasteiger partial charge in [0.2, 0.25) is 5.91 Å². The van der Waals surface area contributed by atoms with Gasteiger partial charge in [0.1, 0.15) is 5.82 Å². The van der Waals surface area contributed by atoms with Crippen molar-refractivity contribution in [1.29, 1.82) is 0 Å². The molecular formula is C12H19N3O. The van der Waals surface area contributed by atoms with Crippen LogP contribution in [0.5, 0.6) is 0 Å². The minimum Gasteiger partial charge on any atom is -0.329 e. The lowest BCUT2D eigenvalue weighted by atomic mass is 9.87. The van der Waals surface area contributed by atoms with E-state index in [1.54, 1.807) is 6.07 Å². The lowest BCUT2D eigenvalue weighted by molar-refractivity contribution is -0.124. The Morgan fingerprint density at radius 2 is 2.25 bits per heavy atom. The maximum absolute atomic E-state index is 12.0. The van der Waals surface area contributed by atoms with Gasteiger partial charge in [-0.05, 0) is 32.4 Å². The third-order valence-electron chi connectivity index (χ3n) is 2.91. The summed E-state index contributed by atoms with van der Waals surface area (Å²) in [6, 6.07) is 5.53. The van der Waals surface area contributed by atoms with Crippen molar-refractivity contribution in [3.05, 3.63) is 23.9 Å². The molecule has 88 valence electrons. The number of nitrogens with two attached hydrogens (primary N) is 1. The minimum absolute atomic E-state index is 0.0735. The zero-order valence-electron chi connectivity index (χ0n) is 10.1. The Morgan fingerprint density at radius 1 is 1.56 bits per heavy atom. The quantitative estimate of drug-likeness (QED) is 0.813. The van der Waals surface area contributed by atoms with Crippen molar-refractivity contribution in [2.45, 2.75) is 27.2 Å². The molecule has 0 aliphatic heterocycles. The van der Waals surface area contributed by atoms with Crippen LogP contribution in [0.2, 0.25) is 0 Å². The molecule has 1 heterocycles. The normalized spacial score (nSPS) is 14.2. The first-order valence-corrected chi connectivity index (χ1v) is 5.47. The van der Waals surface area contributed by atoms with Crippen LogP contribution < -0.4 is 11.1 Å². The number of aryl methyl sites for hydroxylation is 1. The summed E-state index contributed by atoms with van der Waals surface area (Å²) in [5, 5.41) is 2.80. The third-order valence-corrected chi connectivity index (χ3v) is 2.91. The van der Waals surface area contributed by atoms with E-state index in [9.17, 15) is 4.79 Å². The number of hydrogen-bond donors (Lipinski definition) is 2. The van der Waals surface area contributed by atoms with Crippen molar-refractivity contribution in [1.82, 2.24) is 4.98 Å². The van der Waals surface area contributed by atoms with Crippen molar-refractivity contribution in [3.63, 3.8) is 0 Å². The molecule has 0 saturated heterocycles. The zero-order chi connectivity index (χ0) is 12.2. The van der Waals surface area contributed by atoms with Gasteiger partial charge in [-0.2, -0.15) is 0 Å². The molecular weight excluding hydrogens is 202 g/mol. The molecule has 4 nitrogen and oxygen atoms in total. The smallest absolute Gasteiger partial charge is 0.232 e. The lowest BCUT2D eigenvalue weighted by Gasteiger charge is -2.24. The van der Waals surface area contributed by atoms with Gasteiger partial charge in [0, 0.05) is 12.2 Å². The number of carbonyl (C=O) groups excluding carboxylic acids is 1. The van der Waals surface area contributed by atoms with Crippen LogP contribution in [0, 0.1) is 12.3 Å². The Labute approximate surface area is 96.3 Å². The fourth-order valence-corrected chi connectivity index (χ4v) is 1.28. The summed E-state index contributed by atoms with van der Waals surface area (Å²) in [6.45, 7) is 6.03. The van der Waals surface area contributed by atoms with Gasteiger partial charge in [-0.25, -0.2) is 4.98 Å². The van der Waals surface area contributed by atoms with Gasteiger partial charge in [0.05, 0.1) is 5.41 Å². The van der Waals surface area contributed by atoms with Gasteiger partial charge in [-0.1, -0.05) is 13.0 Å². The predicted molar refractivity (Wildman–Crippen MR) is 65.1 cm³/mol. The Morgan fingerprint density at radius 3 is 2.75 bits per heavy atom. The molecule has 1 aromatic heterocycles. The summed E-state index contributed by atoms with van der Waals surface area (Å²) in [6.07, 6.45) is 0.709. The van der Waals surface area contributed by atoms with Gasteiger partial charge >= 0.3 is 0 Å². The summed E-state index contributed by atoms with van der Waals surface area (Å²) < 4.78 is 0. The molecule has 16 heavy (non-hydrogen) atoms. The lowest BCUT2D eigenvalue weighted by Crippen LogP contribution is -2.39. The second kappa shape index (κ2) is 5.07. The van der Waals surface area contributed by atoms with Gasteiger partial charge in [-0.15, -0.1) is 0 Å². The number of carbonyl (C=O) groups is 1. The number of aromatic nitrogens is 1. The molecule has 3 N–H and O–H groups in total. The molecule has 0 aromatic carbocycles. The summed E-state index contributed by atoms with van der Waals surface area (Å²) >= 11 is 0. The van der Waals surface area contributed by atoms with E-state index in [0.717, 1.165) is 5.69 Å². The fourth-order valence-electron chi connectivity index (χ4n) is 1.28. The first kappa shape index (κ1) is 12.6. The Hall–Kier alpha value is -1.42. The molecule has 0 fully saturated rings. The molecule has 1 rings (SSSR count). The summed E-state index contributed by atoms with van der Waals surface area (Å²) in [5.41, 5.74) is 5.98. The number of hydrogen-bond acceptors (Lipinski definition) is 3. The average Bonchev–Trinajstić information content (AvgIpc) is 2.28. The second-order valence-corrected chi connectivity index (χ2v) is 4.24. The van der Waals surface area contributed by atoms with E-state index in [0.29, 0.717) is 18.8 Å². The Kier molecular flexibility index (Phi) is 4.01. The molecule has 4 heteroatoms. The highest BCUT2D eigenvalue weighted by Gasteiger charge is 2.29. The average molecular weight is 221 g/mol. The van der Waals surface area contributed by atoms with Gasteiger partial charge in [0.25, 0.3) is 0 Å². The van der Waals surface area contributed by atoms with Crippen LogP contribution in [0.1, 0.15) is 26.0 Å². The molecule has 0 spiro atoms. The van der Waals surface area contributed by atoms with Gasteiger partial charge < -0.3 is 11.1 Å². The largest absolute Gasteiger partial charge is 0.329 e. The molecule has 1 unspecified atom stereocenters. The highest BCUT2D eigenvalue weighted by molar-refractivity contribution is 5.94. The number of anilines is 1. The van der Waals surface area contributed by atoms with E-state index >= 15 is 0 Å². The van der Waals surface area contributed by atoms with Gasteiger partial charge in [0.15, 0.2) is 0 Å². The molecule has 0 bridgehead atoms. The number of nitrogens with one attached hydrogen (secondary N) is 1. The van der Waals surface area contributed by atoms with Crippen LogP contribution in [0.15, 0.2) is 18.2 Å². The van der Waals surface area contributed by atoms with Crippen LogP contribution in [0.3, 0.4) is 0 Å². The minimum atomic E-state index is -0.522. The first-order chi connectivity index (χ1) is 7.51. The van der Waals surface area contributed by atoms with Crippen LogP contribution in [0.4, 0.5) is 5.82 Å². The maximum atomic E-state index is 12.0. The SMILES string of the molecule is CCC(C)(CN)C(=O)Nc1cccc(C)n1. The van der Waals surface area contributed by atoms with E-state index in [2.05, 4.69) is 10.3 Å². The van der Waals surface area contributed by atoms with E-state index < -0.39 is 5.41 Å². The van der Waals surface area contributed by atoms with E-state index in [1.165, 1.54) is 0 Å². The highest BCUT2D eigenvalue weighted by Crippen LogP contribution is 2.21. The van der Waals surface area contributed by atoms with Crippen molar-refractivity contribution in [2.24, 2.45) is 11.1 Å². The van der Waals surface area contributed by atoms with Crippen LogP contribution in [-0.4, -0.2) is 17.4 Å². The number of amides is 1.